The summed E-state index contributed by atoms with van der Waals surface area (Å²) < 4.78 is 5.31. The van der Waals surface area contributed by atoms with Crippen LogP contribution in [0.5, 0.6) is 0 Å². The second kappa shape index (κ2) is 6.08. The molecule has 0 spiro atoms. The molecule has 22 heavy (non-hydrogen) atoms. The van der Waals surface area contributed by atoms with E-state index in [1.54, 1.807) is 4.90 Å². The summed E-state index contributed by atoms with van der Waals surface area (Å²) in [4.78, 5) is 18.4. The molecule has 0 bridgehead atoms. The maximum absolute atomic E-state index is 12.3. The number of carbonyl (C=O) groups excluding carboxylic acids is 1. The minimum absolute atomic E-state index is 0.0333. The first-order chi connectivity index (χ1) is 10.6. The average molecular weight is 320 g/mol. The van der Waals surface area contributed by atoms with E-state index in [0.717, 1.165) is 24.1 Å². The summed E-state index contributed by atoms with van der Waals surface area (Å²) in [7, 11) is 0. The van der Waals surface area contributed by atoms with Crippen molar-refractivity contribution in [3.63, 3.8) is 0 Å². The van der Waals surface area contributed by atoms with Gasteiger partial charge < -0.3 is 9.42 Å². The zero-order chi connectivity index (χ0) is 15.7. The Labute approximate surface area is 134 Å². The molecule has 0 N–H and O–H groups in total. The molecule has 1 unspecified atom stereocenters. The molecular weight excluding hydrogens is 302 g/mol. The van der Waals surface area contributed by atoms with Crippen LogP contribution >= 0.6 is 11.6 Å². The van der Waals surface area contributed by atoms with E-state index in [0.29, 0.717) is 29.7 Å². The van der Waals surface area contributed by atoms with Crippen molar-refractivity contribution in [2.45, 2.75) is 39.0 Å². The number of aromatic nitrogens is 2. The van der Waals surface area contributed by atoms with E-state index in [1.165, 1.54) is 0 Å². The van der Waals surface area contributed by atoms with E-state index in [4.69, 9.17) is 16.1 Å². The van der Waals surface area contributed by atoms with Gasteiger partial charge in [-0.25, -0.2) is 0 Å². The van der Waals surface area contributed by atoms with E-state index in [2.05, 4.69) is 17.1 Å². The van der Waals surface area contributed by atoms with Crippen molar-refractivity contribution < 1.29 is 9.32 Å². The molecule has 116 valence electrons. The first kappa shape index (κ1) is 15.0. The number of nitrogens with zero attached hydrogens (tertiary/aromatic N) is 3. The normalized spacial score (nSPS) is 18.2. The fourth-order valence-corrected chi connectivity index (χ4v) is 3.03. The van der Waals surface area contributed by atoms with Crippen LogP contribution in [0.25, 0.3) is 0 Å². The largest absolute Gasteiger partial charge is 0.339 e. The highest BCUT2D eigenvalue weighted by Gasteiger charge is 2.35. The van der Waals surface area contributed by atoms with Crippen molar-refractivity contribution in [2.75, 3.05) is 11.4 Å². The van der Waals surface area contributed by atoms with Gasteiger partial charge in [0.1, 0.15) is 0 Å². The fraction of sp³-hybridized carbons (Fsp3) is 0.438. The molecule has 1 atom stereocenters. The van der Waals surface area contributed by atoms with Gasteiger partial charge in [-0.1, -0.05) is 29.7 Å². The third kappa shape index (κ3) is 2.86. The predicted octanol–water partition coefficient (Wildman–Crippen LogP) is 3.50. The van der Waals surface area contributed by atoms with Gasteiger partial charge in [-0.3, -0.25) is 4.79 Å². The molecule has 1 saturated heterocycles. The smallest absolute Gasteiger partial charge is 0.232 e. The lowest BCUT2D eigenvalue weighted by Crippen LogP contribution is -2.24. The van der Waals surface area contributed by atoms with E-state index in [-0.39, 0.29) is 11.8 Å². The maximum Gasteiger partial charge on any atom is 0.232 e. The van der Waals surface area contributed by atoms with Gasteiger partial charge in [-0.2, -0.15) is 4.98 Å². The molecule has 1 aliphatic rings. The monoisotopic (exact) mass is 319 g/mol. The summed E-state index contributed by atoms with van der Waals surface area (Å²) in [5.41, 5.74) is 1.81. The Kier molecular flexibility index (Phi) is 4.16. The van der Waals surface area contributed by atoms with Crippen LogP contribution < -0.4 is 4.90 Å². The van der Waals surface area contributed by atoms with E-state index in [1.807, 2.05) is 25.1 Å². The zero-order valence-electron chi connectivity index (χ0n) is 12.7. The summed E-state index contributed by atoms with van der Waals surface area (Å²) in [5, 5.41) is 4.55. The van der Waals surface area contributed by atoms with Crippen molar-refractivity contribution in [3.8, 4) is 0 Å². The summed E-state index contributed by atoms with van der Waals surface area (Å²) in [6.07, 6.45) is 2.13. The Balaban J connectivity index is 1.80. The molecule has 1 amide bonds. The van der Waals surface area contributed by atoms with Gasteiger partial charge in [-0.15, -0.1) is 0 Å². The number of rotatable bonds is 4. The molecule has 3 rings (SSSR count). The number of halogens is 1. The number of aryl methyl sites for hydroxylation is 2. The van der Waals surface area contributed by atoms with E-state index >= 15 is 0 Å². The molecule has 0 aliphatic carbocycles. The van der Waals surface area contributed by atoms with E-state index < -0.39 is 0 Å². The molecule has 6 heteroatoms. The molecule has 1 aliphatic heterocycles. The van der Waals surface area contributed by atoms with Crippen LogP contribution in [-0.4, -0.2) is 22.6 Å². The van der Waals surface area contributed by atoms with Gasteiger partial charge in [0, 0.05) is 19.4 Å². The topological polar surface area (TPSA) is 59.2 Å². The minimum Gasteiger partial charge on any atom is -0.339 e. The highest BCUT2D eigenvalue weighted by atomic mass is 35.5. The molecule has 0 radical (unpaired) electrons. The molecule has 0 saturated carbocycles. The lowest BCUT2D eigenvalue weighted by molar-refractivity contribution is -0.117. The second-order valence-corrected chi connectivity index (χ2v) is 6.07. The maximum atomic E-state index is 12.3. The predicted molar refractivity (Wildman–Crippen MR) is 84.2 cm³/mol. The molecule has 1 aromatic carbocycles. The summed E-state index contributed by atoms with van der Waals surface area (Å²) in [5.74, 6) is 1.22. The quantitative estimate of drug-likeness (QED) is 0.865. The first-order valence-corrected chi connectivity index (χ1v) is 7.85. The summed E-state index contributed by atoms with van der Waals surface area (Å²) in [6.45, 7) is 4.56. The number of benzene rings is 1. The van der Waals surface area contributed by atoms with Crippen LogP contribution in [0.2, 0.25) is 5.02 Å². The molecular formula is C16H18ClN3O2. The van der Waals surface area contributed by atoms with Gasteiger partial charge >= 0.3 is 0 Å². The number of hydrogen-bond donors (Lipinski definition) is 0. The summed E-state index contributed by atoms with van der Waals surface area (Å²) >= 11 is 6.27. The number of carbonyl (C=O) groups is 1. The van der Waals surface area contributed by atoms with Crippen molar-refractivity contribution in [1.29, 1.82) is 0 Å². The van der Waals surface area contributed by atoms with E-state index in [9.17, 15) is 4.79 Å². The zero-order valence-corrected chi connectivity index (χ0v) is 13.4. The molecule has 1 aromatic heterocycles. The van der Waals surface area contributed by atoms with Gasteiger partial charge in [0.25, 0.3) is 0 Å². The van der Waals surface area contributed by atoms with Crippen molar-refractivity contribution in [1.82, 2.24) is 10.1 Å². The fourth-order valence-electron chi connectivity index (χ4n) is 2.70. The van der Waals surface area contributed by atoms with Crippen LogP contribution in [0.3, 0.4) is 0 Å². The lowest BCUT2D eigenvalue weighted by atomic mass is 10.1. The average Bonchev–Trinajstić information content (AvgIpc) is 3.06. The lowest BCUT2D eigenvalue weighted by Gasteiger charge is -2.18. The van der Waals surface area contributed by atoms with Gasteiger partial charge in [-0.05, 0) is 31.0 Å². The van der Waals surface area contributed by atoms with Crippen LogP contribution in [0, 0.1) is 6.92 Å². The van der Waals surface area contributed by atoms with Crippen molar-refractivity contribution >= 4 is 23.2 Å². The number of amides is 1. The third-order valence-corrected chi connectivity index (χ3v) is 4.13. The van der Waals surface area contributed by atoms with Gasteiger partial charge in [0.2, 0.25) is 11.8 Å². The van der Waals surface area contributed by atoms with Crippen LogP contribution in [-0.2, 0) is 11.2 Å². The highest BCUT2D eigenvalue weighted by molar-refractivity contribution is 6.34. The van der Waals surface area contributed by atoms with Crippen molar-refractivity contribution in [3.05, 3.63) is 40.5 Å². The summed E-state index contributed by atoms with van der Waals surface area (Å²) in [6, 6.07) is 5.70. The molecule has 1 fully saturated rings. The minimum atomic E-state index is -0.0667. The molecule has 2 heterocycles. The number of anilines is 1. The SMILES string of the molecule is CCCc1noc(C2CC(=O)N(c3ccc(C)cc3Cl)C2)n1. The Morgan fingerprint density at radius 3 is 3.00 bits per heavy atom. The second-order valence-electron chi connectivity index (χ2n) is 5.66. The Hall–Kier alpha value is -1.88. The Morgan fingerprint density at radius 2 is 2.27 bits per heavy atom. The standard InChI is InChI=1S/C16H18ClN3O2/c1-3-4-14-18-16(22-19-14)11-8-15(21)20(9-11)13-6-5-10(2)7-12(13)17/h5-7,11H,3-4,8-9H2,1-2H3. The Bertz CT molecular complexity index is 698. The van der Waals surface area contributed by atoms with Gasteiger partial charge in [0.05, 0.1) is 16.6 Å². The van der Waals surface area contributed by atoms with Crippen LogP contribution in [0.1, 0.15) is 43.0 Å². The van der Waals surface area contributed by atoms with Crippen LogP contribution in [0.15, 0.2) is 22.7 Å². The third-order valence-electron chi connectivity index (χ3n) is 3.83. The van der Waals surface area contributed by atoms with Crippen molar-refractivity contribution in [2.24, 2.45) is 0 Å². The van der Waals surface area contributed by atoms with Gasteiger partial charge in [0.15, 0.2) is 5.82 Å². The number of hydrogen-bond acceptors (Lipinski definition) is 4. The van der Waals surface area contributed by atoms with Crippen LogP contribution in [0.4, 0.5) is 5.69 Å². The first-order valence-electron chi connectivity index (χ1n) is 7.47. The molecule has 2 aromatic rings. The highest BCUT2D eigenvalue weighted by Crippen LogP contribution is 2.35. The Morgan fingerprint density at radius 1 is 1.45 bits per heavy atom. The molecule has 5 nitrogen and oxygen atoms in total.